The Hall–Kier alpha value is -1.49. The Labute approximate surface area is 130 Å². The minimum Gasteiger partial charge on any atom is -0.480 e. The number of amides is 1. The van der Waals surface area contributed by atoms with Crippen molar-refractivity contribution in [1.82, 2.24) is 5.32 Å². The summed E-state index contributed by atoms with van der Waals surface area (Å²) < 4.78 is 0. The van der Waals surface area contributed by atoms with E-state index in [1.807, 2.05) is 39.2 Å². The monoisotopic (exact) mass is 309 g/mol. The summed E-state index contributed by atoms with van der Waals surface area (Å²) in [4.78, 5) is 23.2. The molecule has 0 aliphatic rings. The highest BCUT2D eigenvalue weighted by molar-refractivity contribution is 7.98. The van der Waals surface area contributed by atoms with Crippen LogP contribution in [-0.4, -0.2) is 35.0 Å². The summed E-state index contributed by atoms with van der Waals surface area (Å²) in [6.07, 6.45) is 2.58. The standard InChI is InChI=1S/C16H23NO3S/c1-10-7-11(2)13(12(3)8-10)9-15(18)17-14(16(19)20)5-6-21-4/h7-8,14H,5-6,9H2,1-4H3,(H,17,18)(H,19,20)/t14-/m0/s1. The van der Waals surface area contributed by atoms with Crippen LogP contribution in [0.15, 0.2) is 12.1 Å². The lowest BCUT2D eigenvalue weighted by Crippen LogP contribution is -2.42. The van der Waals surface area contributed by atoms with E-state index in [2.05, 4.69) is 5.32 Å². The number of benzene rings is 1. The van der Waals surface area contributed by atoms with Crippen molar-refractivity contribution in [2.75, 3.05) is 12.0 Å². The normalized spacial score (nSPS) is 12.0. The first-order chi connectivity index (χ1) is 9.85. The number of hydrogen-bond acceptors (Lipinski definition) is 3. The summed E-state index contributed by atoms with van der Waals surface area (Å²) in [5.74, 6) is -0.506. The number of aryl methyl sites for hydroxylation is 3. The Morgan fingerprint density at radius 1 is 1.24 bits per heavy atom. The van der Waals surface area contributed by atoms with Crippen molar-refractivity contribution in [2.45, 2.75) is 39.7 Å². The average Bonchev–Trinajstić information content (AvgIpc) is 2.38. The summed E-state index contributed by atoms with van der Waals surface area (Å²) >= 11 is 1.57. The molecule has 0 fully saturated rings. The summed E-state index contributed by atoms with van der Waals surface area (Å²) in [7, 11) is 0. The Morgan fingerprint density at radius 2 is 1.81 bits per heavy atom. The molecule has 0 aromatic heterocycles. The van der Waals surface area contributed by atoms with Crippen LogP contribution in [0.25, 0.3) is 0 Å². The lowest BCUT2D eigenvalue weighted by atomic mass is 9.97. The van der Waals surface area contributed by atoms with Crippen LogP contribution < -0.4 is 5.32 Å². The van der Waals surface area contributed by atoms with E-state index >= 15 is 0 Å². The van der Waals surface area contributed by atoms with E-state index in [1.54, 1.807) is 11.8 Å². The van der Waals surface area contributed by atoms with Gasteiger partial charge < -0.3 is 10.4 Å². The number of carboxylic acid groups (broad SMARTS) is 1. The van der Waals surface area contributed by atoms with E-state index < -0.39 is 12.0 Å². The van der Waals surface area contributed by atoms with Crippen molar-refractivity contribution in [1.29, 1.82) is 0 Å². The molecule has 1 atom stereocenters. The minimum atomic E-state index is -0.977. The van der Waals surface area contributed by atoms with E-state index in [-0.39, 0.29) is 12.3 Å². The van der Waals surface area contributed by atoms with Crippen LogP contribution in [0.2, 0.25) is 0 Å². The first-order valence-electron chi connectivity index (χ1n) is 6.93. The molecule has 116 valence electrons. The molecule has 1 rings (SSSR count). The Bertz CT molecular complexity index is 505. The first kappa shape index (κ1) is 17.6. The molecule has 1 amide bonds. The van der Waals surface area contributed by atoms with Crippen LogP contribution in [0.5, 0.6) is 0 Å². The molecule has 5 heteroatoms. The first-order valence-corrected chi connectivity index (χ1v) is 8.32. The zero-order valence-electron chi connectivity index (χ0n) is 13.0. The molecule has 0 unspecified atom stereocenters. The SMILES string of the molecule is CSCC[C@H](NC(=O)Cc1c(C)cc(C)cc1C)C(=O)O. The molecule has 0 aliphatic heterocycles. The maximum atomic E-state index is 12.1. The van der Waals surface area contributed by atoms with Gasteiger partial charge in [0.1, 0.15) is 6.04 Å². The molecule has 21 heavy (non-hydrogen) atoms. The van der Waals surface area contributed by atoms with E-state index in [9.17, 15) is 9.59 Å². The molecule has 0 bridgehead atoms. The topological polar surface area (TPSA) is 66.4 Å². The number of carbonyl (C=O) groups is 2. The zero-order valence-corrected chi connectivity index (χ0v) is 13.8. The van der Waals surface area contributed by atoms with Crippen LogP contribution in [0, 0.1) is 20.8 Å². The van der Waals surface area contributed by atoms with Gasteiger partial charge in [-0.2, -0.15) is 11.8 Å². The quantitative estimate of drug-likeness (QED) is 0.812. The van der Waals surface area contributed by atoms with Crippen molar-refractivity contribution in [3.63, 3.8) is 0 Å². The summed E-state index contributed by atoms with van der Waals surface area (Å²) in [5.41, 5.74) is 4.28. The molecule has 1 aromatic carbocycles. The molecule has 2 N–H and O–H groups in total. The predicted octanol–water partition coefficient (Wildman–Crippen LogP) is 2.48. The van der Waals surface area contributed by atoms with Gasteiger partial charge in [0.05, 0.1) is 6.42 Å². The molecule has 0 saturated heterocycles. The third-order valence-corrected chi connectivity index (χ3v) is 4.07. The van der Waals surface area contributed by atoms with E-state index in [0.717, 1.165) is 22.3 Å². The molecule has 0 heterocycles. The number of carbonyl (C=O) groups excluding carboxylic acids is 1. The van der Waals surface area contributed by atoms with Gasteiger partial charge in [0, 0.05) is 0 Å². The van der Waals surface area contributed by atoms with Gasteiger partial charge in [-0.1, -0.05) is 17.7 Å². The van der Waals surface area contributed by atoms with Crippen molar-refractivity contribution >= 4 is 23.6 Å². The van der Waals surface area contributed by atoms with Crippen LogP contribution in [0.1, 0.15) is 28.7 Å². The van der Waals surface area contributed by atoms with Gasteiger partial charge in [0.15, 0.2) is 0 Å². The predicted molar refractivity (Wildman–Crippen MR) is 86.9 cm³/mol. The molecule has 0 radical (unpaired) electrons. The fraction of sp³-hybridized carbons (Fsp3) is 0.500. The number of nitrogens with one attached hydrogen (secondary N) is 1. The second-order valence-electron chi connectivity index (χ2n) is 5.29. The number of carboxylic acids is 1. The number of aliphatic carboxylic acids is 1. The van der Waals surface area contributed by atoms with Crippen molar-refractivity contribution in [3.8, 4) is 0 Å². The molecule has 4 nitrogen and oxygen atoms in total. The second-order valence-corrected chi connectivity index (χ2v) is 6.28. The Balaban J connectivity index is 2.74. The lowest BCUT2D eigenvalue weighted by molar-refractivity contribution is -0.141. The van der Waals surface area contributed by atoms with Crippen LogP contribution in [0.3, 0.4) is 0 Å². The van der Waals surface area contributed by atoms with Gasteiger partial charge >= 0.3 is 5.97 Å². The van der Waals surface area contributed by atoms with Gasteiger partial charge in [0.25, 0.3) is 0 Å². The Morgan fingerprint density at radius 3 is 2.29 bits per heavy atom. The molecular formula is C16H23NO3S. The van der Waals surface area contributed by atoms with Gasteiger partial charge in [-0.05, 0) is 55.9 Å². The zero-order chi connectivity index (χ0) is 16.0. The summed E-state index contributed by atoms with van der Waals surface area (Å²) in [6.45, 7) is 5.97. The Kier molecular flexibility index (Phi) is 6.75. The molecular weight excluding hydrogens is 286 g/mol. The van der Waals surface area contributed by atoms with Crippen LogP contribution >= 0.6 is 11.8 Å². The third-order valence-electron chi connectivity index (χ3n) is 3.42. The van der Waals surface area contributed by atoms with Gasteiger partial charge in [-0.15, -0.1) is 0 Å². The maximum Gasteiger partial charge on any atom is 0.326 e. The lowest BCUT2D eigenvalue weighted by Gasteiger charge is -2.16. The highest BCUT2D eigenvalue weighted by atomic mass is 32.2. The number of hydrogen-bond donors (Lipinski definition) is 2. The van der Waals surface area contributed by atoms with Crippen molar-refractivity contribution in [3.05, 3.63) is 34.4 Å². The minimum absolute atomic E-state index is 0.223. The van der Waals surface area contributed by atoms with Crippen LogP contribution in [0.4, 0.5) is 0 Å². The largest absolute Gasteiger partial charge is 0.480 e. The van der Waals surface area contributed by atoms with Gasteiger partial charge in [0.2, 0.25) is 5.91 Å². The average molecular weight is 309 g/mol. The highest BCUT2D eigenvalue weighted by Gasteiger charge is 2.20. The van der Waals surface area contributed by atoms with Crippen molar-refractivity contribution < 1.29 is 14.7 Å². The fourth-order valence-electron chi connectivity index (χ4n) is 2.39. The summed E-state index contributed by atoms with van der Waals surface area (Å²) in [6, 6.07) is 3.27. The fourth-order valence-corrected chi connectivity index (χ4v) is 2.86. The van der Waals surface area contributed by atoms with Gasteiger partial charge in [-0.3, -0.25) is 4.79 Å². The van der Waals surface area contributed by atoms with E-state index in [4.69, 9.17) is 5.11 Å². The maximum absolute atomic E-state index is 12.1. The van der Waals surface area contributed by atoms with Crippen molar-refractivity contribution in [2.24, 2.45) is 0 Å². The van der Waals surface area contributed by atoms with Crippen LogP contribution in [-0.2, 0) is 16.0 Å². The van der Waals surface area contributed by atoms with E-state index in [1.165, 1.54) is 0 Å². The molecule has 0 spiro atoms. The summed E-state index contributed by atoms with van der Waals surface area (Å²) in [5, 5.41) is 11.8. The highest BCUT2D eigenvalue weighted by Crippen LogP contribution is 2.17. The number of thioether (sulfide) groups is 1. The molecule has 1 aromatic rings. The van der Waals surface area contributed by atoms with E-state index in [0.29, 0.717) is 12.2 Å². The third kappa shape index (κ3) is 5.42. The smallest absolute Gasteiger partial charge is 0.326 e. The molecule has 0 saturated carbocycles. The van der Waals surface area contributed by atoms with Gasteiger partial charge in [-0.25, -0.2) is 4.79 Å². The second kappa shape index (κ2) is 8.08. The molecule has 0 aliphatic carbocycles. The number of rotatable bonds is 7.